The minimum absolute atomic E-state index is 0. The number of rotatable bonds is 5. The minimum atomic E-state index is -3.64. The molecule has 0 fully saturated rings. The lowest BCUT2D eigenvalue weighted by Gasteiger charge is -2.19. The molecule has 124 valence electrons. The molecule has 6 nitrogen and oxygen atoms in total. The van der Waals surface area contributed by atoms with Crippen LogP contribution in [0.4, 0.5) is 5.69 Å². The van der Waals surface area contributed by atoms with Gasteiger partial charge in [-0.05, 0) is 54.0 Å². The largest absolute Gasteiger partial charge is 0.326 e. The van der Waals surface area contributed by atoms with Crippen LogP contribution in [-0.4, -0.2) is 34.0 Å². The number of halogens is 2. The highest BCUT2D eigenvalue weighted by atomic mass is 79.9. The van der Waals surface area contributed by atoms with Gasteiger partial charge in [0.05, 0.1) is 4.90 Å². The van der Waals surface area contributed by atoms with E-state index in [0.717, 1.165) is 5.56 Å². The van der Waals surface area contributed by atoms with Crippen LogP contribution in [0.3, 0.4) is 0 Å². The molecular weight excluding hydrogens is 394 g/mol. The molecule has 1 unspecified atom stereocenters. The van der Waals surface area contributed by atoms with Gasteiger partial charge in [0.25, 0.3) is 0 Å². The number of nitrogens with one attached hydrogen (secondary N) is 3. The number of benzene rings is 1. The van der Waals surface area contributed by atoms with Crippen LogP contribution in [0, 0.1) is 0 Å². The lowest BCUT2D eigenvalue weighted by Crippen LogP contribution is -2.37. The molecule has 1 amide bonds. The number of likely N-dealkylation sites (N-methyl/N-ethyl adjacent to an activating group) is 1. The fraction of sp³-hybridized carbons (Fsp3) is 0.462. The molecule has 22 heavy (non-hydrogen) atoms. The Kier molecular flexibility index (Phi) is 6.82. The number of carbonyl (C=O) groups is 1. The first-order valence-corrected chi connectivity index (χ1v) is 8.90. The molecule has 1 aliphatic heterocycles. The average Bonchev–Trinajstić information content (AvgIpc) is 2.44. The zero-order chi connectivity index (χ0) is 15.6. The van der Waals surface area contributed by atoms with Gasteiger partial charge in [-0.1, -0.05) is 0 Å². The van der Waals surface area contributed by atoms with Crippen molar-refractivity contribution in [2.24, 2.45) is 0 Å². The third-order valence-corrected chi connectivity index (χ3v) is 5.80. The van der Waals surface area contributed by atoms with E-state index in [9.17, 15) is 13.2 Å². The average molecular weight is 413 g/mol. The SMILES string of the molecule is CNC(C)CNS(=O)(=O)c1cc2c(cc1Br)CCC(=O)N2.Cl. The van der Waals surface area contributed by atoms with Gasteiger partial charge in [0.15, 0.2) is 0 Å². The van der Waals surface area contributed by atoms with Crippen molar-refractivity contribution in [1.29, 1.82) is 0 Å². The first-order valence-electron chi connectivity index (χ1n) is 6.62. The van der Waals surface area contributed by atoms with Gasteiger partial charge in [-0.25, -0.2) is 13.1 Å². The van der Waals surface area contributed by atoms with Gasteiger partial charge >= 0.3 is 0 Å². The van der Waals surface area contributed by atoms with Crippen LogP contribution in [-0.2, 0) is 21.2 Å². The lowest BCUT2D eigenvalue weighted by atomic mass is 10.0. The van der Waals surface area contributed by atoms with E-state index < -0.39 is 10.0 Å². The Labute approximate surface area is 145 Å². The number of hydrogen-bond donors (Lipinski definition) is 3. The van der Waals surface area contributed by atoms with Crippen molar-refractivity contribution < 1.29 is 13.2 Å². The summed E-state index contributed by atoms with van der Waals surface area (Å²) in [6.07, 6.45) is 1.04. The summed E-state index contributed by atoms with van der Waals surface area (Å²) in [5.74, 6) is -0.0927. The summed E-state index contributed by atoms with van der Waals surface area (Å²) in [6, 6.07) is 3.28. The quantitative estimate of drug-likeness (QED) is 0.686. The summed E-state index contributed by atoms with van der Waals surface area (Å²) in [6.45, 7) is 2.17. The first kappa shape index (κ1) is 19.4. The van der Waals surface area contributed by atoms with Crippen LogP contribution in [0.2, 0.25) is 0 Å². The highest BCUT2D eigenvalue weighted by Gasteiger charge is 2.23. The fourth-order valence-electron chi connectivity index (χ4n) is 2.00. The second-order valence-electron chi connectivity index (χ2n) is 5.03. The summed E-state index contributed by atoms with van der Waals surface area (Å²) >= 11 is 3.30. The van der Waals surface area contributed by atoms with Crippen molar-refractivity contribution in [3.8, 4) is 0 Å². The number of hydrogen-bond acceptors (Lipinski definition) is 4. The molecule has 1 atom stereocenters. The van der Waals surface area contributed by atoms with E-state index in [4.69, 9.17) is 0 Å². The van der Waals surface area contributed by atoms with Crippen molar-refractivity contribution in [3.05, 3.63) is 22.2 Å². The molecule has 0 spiro atoms. The third-order valence-electron chi connectivity index (χ3n) is 3.42. The van der Waals surface area contributed by atoms with E-state index in [1.54, 1.807) is 13.1 Å². The number of amides is 1. The van der Waals surface area contributed by atoms with E-state index >= 15 is 0 Å². The first-order chi connectivity index (χ1) is 9.83. The number of fused-ring (bicyclic) bond motifs is 1. The smallest absolute Gasteiger partial charge is 0.241 e. The summed E-state index contributed by atoms with van der Waals surface area (Å²) in [5, 5.41) is 5.67. The molecule has 1 aliphatic rings. The van der Waals surface area contributed by atoms with E-state index in [0.29, 0.717) is 23.0 Å². The van der Waals surface area contributed by atoms with Crippen molar-refractivity contribution in [2.45, 2.75) is 30.7 Å². The molecule has 0 aromatic heterocycles. The van der Waals surface area contributed by atoms with Crippen LogP contribution in [0.1, 0.15) is 18.9 Å². The van der Waals surface area contributed by atoms with Gasteiger partial charge in [-0.2, -0.15) is 0 Å². The maximum absolute atomic E-state index is 12.4. The normalized spacial score (nSPS) is 15.5. The van der Waals surface area contributed by atoms with Gasteiger partial charge in [0.2, 0.25) is 15.9 Å². The van der Waals surface area contributed by atoms with Crippen LogP contribution in [0.15, 0.2) is 21.5 Å². The number of anilines is 1. The molecule has 0 saturated heterocycles. The minimum Gasteiger partial charge on any atom is -0.326 e. The Morgan fingerprint density at radius 3 is 2.68 bits per heavy atom. The highest BCUT2D eigenvalue weighted by molar-refractivity contribution is 9.10. The summed E-state index contributed by atoms with van der Waals surface area (Å²) in [7, 11) is -1.87. The Morgan fingerprint density at radius 2 is 2.05 bits per heavy atom. The monoisotopic (exact) mass is 411 g/mol. The number of sulfonamides is 1. The predicted octanol–water partition coefficient (Wildman–Crippen LogP) is 1.64. The van der Waals surface area contributed by atoms with E-state index in [-0.39, 0.29) is 35.8 Å². The number of aryl methyl sites for hydroxylation is 1. The molecule has 1 heterocycles. The zero-order valence-corrected chi connectivity index (χ0v) is 15.5. The Balaban J connectivity index is 0.00000242. The topological polar surface area (TPSA) is 87.3 Å². The molecule has 1 aromatic rings. The number of carbonyl (C=O) groups excluding carboxylic acids is 1. The standard InChI is InChI=1S/C13H18BrN3O3S.ClH/c1-8(15-2)7-16-21(19,20)12-6-11-9(5-10(12)14)3-4-13(18)17-11;/h5-6,8,15-16H,3-4,7H2,1-2H3,(H,17,18);1H. The van der Waals surface area contributed by atoms with E-state index in [1.807, 2.05) is 6.92 Å². The van der Waals surface area contributed by atoms with Crippen LogP contribution >= 0.6 is 28.3 Å². The second-order valence-corrected chi connectivity index (χ2v) is 7.62. The molecule has 2 rings (SSSR count). The molecule has 9 heteroatoms. The molecule has 3 N–H and O–H groups in total. The molecule has 0 aliphatic carbocycles. The van der Waals surface area contributed by atoms with Crippen molar-refractivity contribution in [3.63, 3.8) is 0 Å². The molecule has 0 bridgehead atoms. The zero-order valence-electron chi connectivity index (χ0n) is 12.3. The fourth-order valence-corrected chi connectivity index (χ4v) is 4.24. The Bertz CT molecular complexity index is 667. The Morgan fingerprint density at radius 1 is 1.36 bits per heavy atom. The third kappa shape index (κ3) is 4.42. The van der Waals surface area contributed by atoms with Gasteiger partial charge in [-0.15, -0.1) is 12.4 Å². The van der Waals surface area contributed by atoms with Gasteiger partial charge in [0, 0.05) is 29.2 Å². The van der Waals surface area contributed by atoms with Crippen LogP contribution in [0.25, 0.3) is 0 Å². The van der Waals surface area contributed by atoms with Gasteiger partial charge in [-0.3, -0.25) is 4.79 Å². The molecule has 0 radical (unpaired) electrons. The van der Waals surface area contributed by atoms with E-state index in [1.165, 1.54) is 6.07 Å². The lowest BCUT2D eigenvalue weighted by molar-refractivity contribution is -0.116. The maximum atomic E-state index is 12.4. The van der Waals surface area contributed by atoms with Crippen LogP contribution < -0.4 is 15.4 Å². The molecule has 1 aromatic carbocycles. The molecular formula is C13H19BrClN3O3S. The highest BCUT2D eigenvalue weighted by Crippen LogP contribution is 2.31. The Hall–Kier alpha value is -0.670. The van der Waals surface area contributed by atoms with Crippen molar-refractivity contribution >= 4 is 50.0 Å². The molecule has 0 saturated carbocycles. The summed E-state index contributed by atoms with van der Waals surface area (Å²) in [4.78, 5) is 11.6. The maximum Gasteiger partial charge on any atom is 0.241 e. The van der Waals surface area contributed by atoms with Crippen molar-refractivity contribution in [1.82, 2.24) is 10.0 Å². The van der Waals surface area contributed by atoms with Gasteiger partial charge < -0.3 is 10.6 Å². The van der Waals surface area contributed by atoms with Gasteiger partial charge in [0.1, 0.15) is 0 Å². The second kappa shape index (κ2) is 7.74. The van der Waals surface area contributed by atoms with Crippen molar-refractivity contribution in [2.75, 3.05) is 18.9 Å². The summed E-state index contributed by atoms with van der Waals surface area (Å²) < 4.78 is 27.8. The van der Waals surface area contributed by atoms with Crippen LogP contribution in [0.5, 0.6) is 0 Å². The summed E-state index contributed by atoms with van der Waals surface area (Å²) in [5.41, 5.74) is 1.50. The van der Waals surface area contributed by atoms with E-state index in [2.05, 4.69) is 31.3 Å². The predicted molar refractivity (Wildman–Crippen MR) is 92.1 cm³/mol.